The van der Waals surface area contributed by atoms with Crippen LogP contribution in [0.4, 0.5) is 5.69 Å². The number of nitriles is 1. The van der Waals surface area contributed by atoms with E-state index in [2.05, 4.69) is 61.7 Å². The number of rotatable bonds is 2. The first-order valence-corrected chi connectivity index (χ1v) is 10.6. The van der Waals surface area contributed by atoms with Crippen molar-refractivity contribution in [1.29, 1.82) is 5.26 Å². The summed E-state index contributed by atoms with van der Waals surface area (Å²) < 4.78 is 0. The van der Waals surface area contributed by atoms with Crippen molar-refractivity contribution in [3.05, 3.63) is 69.2 Å². The molecule has 3 nitrogen and oxygen atoms in total. The van der Waals surface area contributed by atoms with E-state index < -0.39 is 0 Å². The Labute approximate surface area is 174 Å². The zero-order valence-electron chi connectivity index (χ0n) is 18.0. The summed E-state index contributed by atoms with van der Waals surface area (Å²) in [5, 5.41) is 9.10. The van der Waals surface area contributed by atoms with Crippen molar-refractivity contribution in [3.8, 4) is 6.07 Å². The maximum atomic E-state index is 9.10. The predicted octanol–water partition coefficient (Wildman–Crippen LogP) is 6.29. The van der Waals surface area contributed by atoms with Gasteiger partial charge in [0.2, 0.25) is 0 Å². The number of allylic oxidation sites excluding steroid dienone is 5. The van der Waals surface area contributed by atoms with Gasteiger partial charge >= 0.3 is 0 Å². The fraction of sp³-hybridized carbons (Fsp3) is 0.462. The van der Waals surface area contributed by atoms with Crippen LogP contribution in [0.25, 0.3) is 10.9 Å². The van der Waals surface area contributed by atoms with E-state index in [0.29, 0.717) is 0 Å². The number of hydrogen-bond donors (Lipinski definition) is 0. The molecule has 2 heterocycles. The van der Waals surface area contributed by atoms with Crippen molar-refractivity contribution >= 4 is 11.8 Å². The van der Waals surface area contributed by atoms with E-state index in [0.717, 1.165) is 31.5 Å². The Morgan fingerprint density at radius 2 is 1.69 bits per heavy atom. The molecule has 0 atom stereocenters. The second-order valence-electron chi connectivity index (χ2n) is 9.87. The van der Waals surface area contributed by atoms with Gasteiger partial charge in [-0.05, 0) is 76.5 Å². The minimum atomic E-state index is 0.192. The van der Waals surface area contributed by atoms with Gasteiger partial charge in [-0.1, -0.05) is 45.9 Å². The van der Waals surface area contributed by atoms with E-state index in [4.69, 9.17) is 11.8 Å². The van der Waals surface area contributed by atoms with Crippen molar-refractivity contribution < 1.29 is 0 Å². The SMILES string of the molecule is [C-]#[N+]C(C#N)=C1C=C(C=Cc2cc3c4c(c2)C(C)(C)CCN4CCC3(C)C)CC1. The van der Waals surface area contributed by atoms with Crippen molar-refractivity contribution in [1.82, 2.24) is 0 Å². The third kappa shape index (κ3) is 3.40. The molecule has 0 radical (unpaired) electrons. The van der Waals surface area contributed by atoms with Crippen LogP contribution >= 0.6 is 0 Å². The van der Waals surface area contributed by atoms with Gasteiger partial charge in [-0.15, -0.1) is 0 Å². The van der Waals surface area contributed by atoms with Gasteiger partial charge in [0.05, 0.1) is 12.6 Å². The normalized spacial score (nSPS) is 23.2. The summed E-state index contributed by atoms with van der Waals surface area (Å²) in [6, 6.07) is 6.79. The van der Waals surface area contributed by atoms with Crippen LogP contribution in [-0.2, 0) is 10.8 Å². The maximum Gasteiger partial charge on any atom is 0.265 e. The monoisotopic (exact) mass is 383 g/mol. The molecule has 2 aliphatic heterocycles. The molecule has 3 heteroatoms. The first kappa shape index (κ1) is 19.5. The van der Waals surface area contributed by atoms with Gasteiger partial charge in [0.15, 0.2) is 0 Å². The van der Waals surface area contributed by atoms with Gasteiger partial charge in [0, 0.05) is 18.8 Å². The molecule has 148 valence electrons. The fourth-order valence-corrected chi connectivity index (χ4v) is 4.90. The zero-order valence-corrected chi connectivity index (χ0v) is 18.0. The molecule has 1 aromatic carbocycles. The summed E-state index contributed by atoms with van der Waals surface area (Å²) in [5.74, 6) is 0. The van der Waals surface area contributed by atoms with Crippen LogP contribution in [0.1, 0.15) is 70.1 Å². The van der Waals surface area contributed by atoms with Crippen LogP contribution in [0.5, 0.6) is 0 Å². The molecule has 0 aromatic heterocycles. The highest BCUT2D eigenvalue weighted by atomic mass is 15.2. The molecule has 29 heavy (non-hydrogen) atoms. The van der Waals surface area contributed by atoms with Crippen LogP contribution in [0, 0.1) is 17.9 Å². The lowest BCUT2D eigenvalue weighted by atomic mass is 9.69. The topological polar surface area (TPSA) is 31.4 Å². The molecule has 0 bridgehead atoms. The maximum absolute atomic E-state index is 9.10. The third-order valence-corrected chi connectivity index (χ3v) is 6.97. The molecule has 0 saturated heterocycles. The minimum Gasteiger partial charge on any atom is -0.371 e. The molecule has 0 unspecified atom stereocenters. The first-order chi connectivity index (χ1) is 13.7. The van der Waals surface area contributed by atoms with Gasteiger partial charge in [-0.3, -0.25) is 0 Å². The van der Waals surface area contributed by atoms with Crippen molar-refractivity contribution in [2.24, 2.45) is 0 Å². The fourth-order valence-electron chi connectivity index (χ4n) is 4.90. The molecular formula is C26H29N3. The summed E-state index contributed by atoms with van der Waals surface area (Å²) in [6.45, 7) is 19.0. The molecule has 0 N–H and O–H groups in total. The number of benzene rings is 1. The summed E-state index contributed by atoms with van der Waals surface area (Å²) in [5.41, 5.74) is 8.39. The van der Waals surface area contributed by atoms with Gasteiger partial charge < -0.3 is 4.90 Å². The van der Waals surface area contributed by atoms with Crippen LogP contribution < -0.4 is 4.90 Å². The standard InChI is InChI=1S/C26H29N3/c1-25(2)10-12-29-13-11-26(3,4)22-16-19(15-21(25)24(22)29)7-6-18-8-9-20(14-18)23(17-27)28-5/h6-7,14-16H,8-13H2,1-4H3. The van der Waals surface area contributed by atoms with E-state index in [1.807, 2.05) is 12.1 Å². The highest BCUT2D eigenvalue weighted by Gasteiger charge is 2.39. The second kappa shape index (κ2) is 6.93. The molecule has 0 amide bonds. The highest BCUT2D eigenvalue weighted by Crippen LogP contribution is 2.49. The van der Waals surface area contributed by atoms with Gasteiger partial charge in [-0.2, -0.15) is 0 Å². The van der Waals surface area contributed by atoms with E-state index in [-0.39, 0.29) is 16.5 Å². The Balaban J connectivity index is 1.75. The van der Waals surface area contributed by atoms with Crippen molar-refractivity contribution in [3.63, 3.8) is 0 Å². The molecule has 1 aliphatic carbocycles. The van der Waals surface area contributed by atoms with Gasteiger partial charge in [0.25, 0.3) is 5.70 Å². The van der Waals surface area contributed by atoms with Gasteiger partial charge in [0.1, 0.15) is 0 Å². The summed E-state index contributed by atoms with van der Waals surface area (Å²) in [7, 11) is 0. The van der Waals surface area contributed by atoms with Crippen molar-refractivity contribution in [2.75, 3.05) is 18.0 Å². The average Bonchev–Trinajstić information content (AvgIpc) is 3.15. The summed E-state index contributed by atoms with van der Waals surface area (Å²) >= 11 is 0. The van der Waals surface area contributed by atoms with E-state index in [1.54, 1.807) is 0 Å². The van der Waals surface area contributed by atoms with E-state index in [1.165, 1.54) is 40.8 Å². The molecular weight excluding hydrogens is 354 g/mol. The highest BCUT2D eigenvalue weighted by molar-refractivity contribution is 5.72. The predicted molar refractivity (Wildman–Crippen MR) is 120 cm³/mol. The Hall–Kier alpha value is -2.78. The lowest BCUT2D eigenvalue weighted by molar-refractivity contribution is 0.401. The molecule has 3 aliphatic rings. The van der Waals surface area contributed by atoms with E-state index in [9.17, 15) is 0 Å². The molecule has 0 fully saturated rings. The second-order valence-corrected chi connectivity index (χ2v) is 9.87. The molecule has 0 spiro atoms. The minimum absolute atomic E-state index is 0.192. The van der Waals surface area contributed by atoms with Crippen molar-refractivity contribution in [2.45, 2.75) is 64.2 Å². The largest absolute Gasteiger partial charge is 0.371 e. The smallest absolute Gasteiger partial charge is 0.265 e. The first-order valence-electron chi connectivity index (χ1n) is 10.6. The third-order valence-electron chi connectivity index (χ3n) is 6.97. The Morgan fingerprint density at radius 3 is 2.24 bits per heavy atom. The van der Waals surface area contributed by atoms with Crippen LogP contribution in [0.3, 0.4) is 0 Å². The average molecular weight is 384 g/mol. The molecule has 0 saturated carbocycles. The lowest BCUT2D eigenvalue weighted by Gasteiger charge is -2.48. The molecule has 4 rings (SSSR count). The summed E-state index contributed by atoms with van der Waals surface area (Å²) in [6.07, 6.45) is 10.5. The Kier molecular flexibility index (Phi) is 4.66. The molecule has 1 aromatic rings. The van der Waals surface area contributed by atoms with Crippen LogP contribution in [0.15, 0.2) is 41.1 Å². The lowest BCUT2D eigenvalue weighted by Crippen LogP contribution is -2.44. The Bertz CT molecular complexity index is 978. The summed E-state index contributed by atoms with van der Waals surface area (Å²) in [4.78, 5) is 5.95. The zero-order chi connectivity index (χ0) is 20.8. The van der Waals surface area contributed by atoms with Gasteiger partial charge in [-0.25, -0.2) is 10.1 Å². The van der Waals surface area contributed by atoms with Crippen LogP contribution in [0.2, 0.25) is 0 Å². The number of anilines is 1. The number of hydrogen-bond acceptors (Lipinski definition) is 2. The van der Waals surface area contributed by atoms with Crippen LogP contribution in [-0.4, -0.2) is 13.1 Å². The number of nitrogens with zero attached hydrogens (tertiary/aromatic N) is 3. The quantitative estimate of drug-likeness (QED) is 0.444. The van der Waals surface area contributed by atoms with E-state index >= 15 is 0 Å². The Morgan fingerprint density at radius 1 is 1.07 bits per heavy atom.